The number of aliphatic hydroxyl groups excluding tert-OH is 2. The molecule has 0 aromatic heterocycles. The fraction of sp³-hybridized carbons (Fsp3) is 0.512. The van der Waals surface area contributed by atoms with E-state index < -0.39 is 132 Å². The number of thioether (sulfide) groups is 2. The van der Waals surface area contributed by atoms with Gasteiger partial charge >= 0.3 is 5.97 Å². The van der Waals surface area contributed by atoms with Crippen LogP contribution in [-0.2, 0) is 56.0 Å². The van der Waals surface area contributed by atoms with Gasteiger partial charge in [0.2, 0.25) is 46.5 Å². The number of rotatable bonds is 19. The largest absolute Gasteiger partial charge is 0.508 e. The number of aliphatic carboxylic acids is 1. The molecule has 0 aliphatic carbocycles. The Morgan fingerprint density at radius 1 is 0.818 bits per heavy atom. The lowest BCUT2D eigenvalue weighted by atomic mass is 9.96. The van der Waals surface area contributed by atoms with Crippen LogP contribution in [0.1, 0.15) is 51.2 Å². The molecule has 66 heavy (non-hydrogen) atoms. The van der Waals surface area contributed by atoms with Crippen molar-refractivity contribution < 1.29 is 63.6 Å². The topological polar surface area (TPSA) is 345 Å². The molecule has 0 bridgehead atoms. The van der Waals surface area contributed by atoms with Crippen LogP contribution in [0.15, 0.2) is 54.6 Å². The molecule has 1 saturated heterocycles. The van der Waals surface area contributed by atoms with Gasteiger partial charge in [0.1, 0.15) is 42.0 Å². The second-order valence-electron chi connectivity index (χ2n) is 15.8. The van der Waals surface area contributed by atoms with Crippen molar-refractivity contribution in [1.29, 1.82) is 0 Å². The monoisotopic (exact) mass is 960 g/mol. The van der Waals surface area contributed by atoms with Crippen molar-refractivity contribution in [3.05, 3.63) is 65.7 Å². The Morgan fingerprint density at radius 2 is 1.44 bits per heavy atom. The number of aromatic hydroxyl groups is 1. The number of hydrogen-bond donors (Lipinski definition) is 12. The molecular weight excluding hydrogens is 901 g/mol. The molecule has 7 amide bonds. The minimum Gasteiger partial charge on any atom is -0.508 e. The predicted molar refractivity (Wildman–Crippen MR) is 244 cm³/mol. The minimum absolute atomic E-state index is 0.0130. The van der Waals surface area contributed by atoms with Crippen molar-refractivity contribution in [3.63, 3.8) is 0 Å². The zero-order valence-electron chi connectivity index (χ0n) is 37.0. The van der Waals surface area contributed by atoms with Crippen LogP contribution >= 0.6 is 23.5 Å². The Morgan fingerprint density at radius 3 is 2.03 bits per heavy atom. The van der Waals surface area contributed by atoms with Crippen LogP contribution in [0.4, 0.5) is 0 Å². The van der Waals surface area contributed by atoms with Gasteiger partial charge in [0, 0.05) is 12.2 Å². The normalized spacial score (nSPS) is 22.2. The summed E-state index contributed by atoms with van der Waals surface area (Å²) in [6.45, 7) is 3.64. The summed E-state index contributed by atoms with van der Waals surface area (Å²) >= 11 is 1.90. The molecule has 1 heterocycles. The van der Waals surface area contributed by atoms with E-state index in [4.69, 9.17) is 5.73 Å². The number of aliphatic hydroxyl groups is 2. The molecule has 1 fully saturated rings. The van der Waals surface area contributed by atoms with Gasteiger partial charge in [0.05, 0.1) is 31.2 Å². The quantitative estimate of drug-likeness (QED) is 0.0712. The third kappa shape index (κ3) is 17.2. The van der Waals surface area contributed by atoms with Gasteiger partial charge in [0.25, 0.3) is 0 Å². The number of carbonyl (C=O) groups is 9. The van der Waals surface area contributed by atoms with E-state index in [1.54, 1.807) is 50.4 Å². The van der Waals surface area contributed by atoms with Crippen molar-refractivity contribution in [2.24, 2.45) is 11.7 Å². The van der Waals surface area contributed by atoms with Crippen LogP contribution < -0.4 is 43.0 Å². The first-order valence-corrected chi connectivity index (χ1v) is 23.5. The fourth-order valence-corrected chi connectivity index (χ4v) is 7.93. The molecule has 0 spiro atoms. The van der Waals surface area contributed by atoms with Gasteiger partial charge < -0.3 is 63.4 Å². The molecule has 0 saturated carbocycles. The highest BCUT2D eigenvalue weighted by Crippen LogP contribution is 2.17. The lowest BCUT2D eigenvalue weighted by molar-refractivity contribution is -0.141. The van der Waals surface area contributed by atoms with Crippen molar-refractivity contribution in [2.45, 2.75) is 107 Å². The van der Waals surface area contributed by atoms with Crippen LogP contribution in [0, 0.1) is 5.92 Å². The van der Waals surface area contributed by atoms with Crippen molar-refractivity contribution >= 4 is 76.0 Å². The lowest BCUT2D eigenvalue weighted by Gasteiger charge is -2.30. The van der Waals surface area contributed by atoms with Gasteiger partial charge in [-0.2, -0.15) is 11.8 Å². The smallest absolute Gasteiger partial charge is 0.305 e. The summed E-state index contributed by atoms with van der Waals surface area (Å²) in [5, 5.41) is 56.4. The van der Waals surface area contributed by atoms with Gasteiger partial charge in [-0.1, -0.05) is 74.5 Å². The number of benzene rings is 2. The van der Waals surface area contributed by atoms with E-state index in [1.807, 2.05) is 0 Å². The van der Waals surface area contributed by atoms with Gasteiger partial charge in [-0.25, -0.2) is 0 Å². The fourth-order valence-electron chi connectivity index (χ4n) is 6.51. The molecule has 10 atom stereocenters. The zero-order chi connectivity index (χ0) is 49.1. The lowest BCUT2D eigenvalue weighted by Crippen LogP contribution is -2.63. The molecule has 23 heteroatoms. The second-order valence-corrected chi connectivity index (χ2v) is 17.8. The molecule has 1 aliphatic rings. The average molecular weight is 961 g/mol. The molecular formula is C43H60N8O13S2. The number of hydrogen-bond acceptors (Lipinski definition) is 15. The van der Waals surface area contributed by atoms with Gasteiger partial charge in [-0.15, -0.1) is 0 Å². The highest BCUT2D eigenvalue weighted by atomic mass is 32.2. The van der Waals surface area contributed by atoms with Crippen LogP contribution in [0.2, 0.25) is 0 Å². The van der Waals surface area contributed by atoms with E-state index in [2.05, 4.69) is 37.2 Å². The summed E-state index contributed by atoms with van der Waals surface area (Å²) in [4.78, 5) is 122. The summed E-state index contributed by atoms with van der Waals surface area (Å²) in [6, 6.07) is 2.15. The third-order valence-electron chi connectivity index (χ3n) is 10.6. The number of carboxylic acids is 1. The molecule has 2 aromatic carbocycles. The number of phenols is 1. The van der Waals surface area contributed by atoms with Crippen LogP contribution in [0.25, 0.3) is 0 Å². The first-order valence-electron chi connectivity index (χ1n) is 21.1. The number of phenolic OH excluding ortho intramolecular Hbond substituents is 1. The molecule has 13 N–H and O–H groups in total. The summed E-state index contributed by atoms with van der Waals surface area (Å²) in [5.74, 6) is -9.21. The summed E-state index contributed by atoms with van der Waals surface area (Å²) in [7, 11) is 0. The van der Waals surface area contributed by atoms with E-state index in [-0.39, 0.29) is 25.0 Å². The highest BCUT2D eigenvalue weighted by molar-refractivity contribution is 8.13. The Kier molecular flexibility index (Phi) is 22.3. The number of nitrogens with one attached hydrogen (secondary N) is 7. The van der Waals surface area contributed by atoms with Crippen molar-refractivity contribution in [3.8, 4) is 5.75 Å². The summed E-state index contributed by atoms with van der Waals surface area (Å²) < 4.78 is 0. The molecule has 1 unspecified atom stereocenters. The van der Waals surface area contributed by atoms with Gasteiger partial charge in [-0.05, 0) is 61.0 Å². The molecule has 21 nitrogen and oxygen atoms in total. The standard InChI is InChI=1S/C43H60N8O13S2/c1-5-22(2)34-41(62)45-28(15-16-65-4)43(64)66-21-32(40(61)47-30(19-33(55)56)37(58)46-29(38(59)50-34)18-24-9-7-6-8-10-24)49-42(63)35(23(3)53)51-39(60)31(20-52)48-36(57)27(44)17-25-11-13-26(54)14-12-25/h6-14,22-23,27-32,34-35,52-54H,5,15-21,44H2,1-4H3,(H,45,62)(H,46,58)(H,47,61)(H,48,57)(H,49,63)(H,50,59)(H,51,60)(H,55,56)/t22-,23+,27-,28-,29-,30-,31-,32?,34-,35-/m0/s1. The Balaban J connectivity index is 1.97. The van der Waals surface area contributed by atoms with Crippen LogP contribution in [0.3, 0.4) is 0 Å². The maximum atomic E-state index is 14.1. The van der Waals surface area contributed by atoms with E-state index in [9.17, 15) is 63.6 Å². The molecule has 1 aliphatic heterocycles. The number of carboxylic acid groups (broad SMARTS) is 1. The van der Waals surface area contributed by atoms with Crippen LogP contribution in [-0.4, -0.2) is 152 Å². The summed E-state index contributed by atoms with van der Waals surface area (Å²) in [5.41, 5.74) is 7.16. The summed E-state index contributed by atoms with van der Waals surface area (Å²) in [6.07, 6.45) is -0.507. The number of amides is 7. The third-order valence-corrected chi connectivity index (χ3v) is 12.3. The Labute approximate surface area is 390 Å². The number of nitrogens with two attached hydrogens (primary N) is 1. The average Bonchev–Trinajstić information content (AvgIpc) is 3.28. The molecule has 0 radical (unpaired) electrons. The van der Waals surface area contributed by atoms with Crippen molar-refractivity contribution in [1.82, 2.24) is 37.2 Å². The second kappa shape index (κ2) is 27.0. The van der Waals surface area contributed by atoms with E-state index in [0.29, 0.717) is 35.1 Å². The zero-order valence-corrected chi connectivity index (χ0v) is 38.6. The van der Waals surface area contributed by atoms with E-state index >= 15 is 0 Å². The first-order chi connectivity index (χ1) is 31.3. The van der Waals surface area contributed by atoms with Gasteiger partial charge in [0.15, 0.2) is 0 Å². The first kappa shape index (κ1) is 54.6. The SMILES string of the molecule is CC[C@H](C)[C@@H]1NC(=O)[C@H](Cc2ccccc2)NC(=O)[C@H](CC(=O)O)NC(=O)C(NC(=O)[C@@H](NC(=O)[C@H](CO)NC(=O)[C@@H](N)Cc2ccc(O)cc2)[C@@H](C)O)CSC(=O)[C@H](CCSC)NC1=O. The molecule has 362 valence electrons. The number of carbonyl (C=O) groups excluding carboxylic acids is 8. The maximum Gasteiger partial charge on any atom is 0.305 e. The van der Waals surface area contributed by atoms with Crippen LogP contribution in [0.5, 0.6) is 5.75 Å². The van der Waals surface area contributed by atoms with E-state index in [1.165, 1.54) is 36.0 Å². The van der Waals surface area contributed by atoms with Gasteiger partial charge in [-0.3, -0.25) is 43.2 Å². The Hall–Kier alpha value is -5.75. The minimum atomic E-state index is -1.87. The predicted octanol–water partition coefficient (Wildman–Crippen LogP) is -2.18. The highest BCUT2D eigenvalue weighted by Gasteiger charge is 2.38. The Bertz CT molecular complexity index is 2010. The van der Waals surface area contributed by atoms with Crippen molar-refractivity contribution in [2.75, 3.05) is 24.4 Å². The molecule has 3 rings (SSSR count). The maximum absolute atomic E-state index is 14.1. The van der Waals surface area contributed by atoms with E-state index in [0.717, 1.165) is 6.92 Å². The molecule has 2 aromatic rings.